The summed E-state index contributed by atoms with van der Waals surface area (Å²) in [6.45, 7) is 3.54. The summed E-state index contributed by atoms with van der Waals surface area (Å²) < 4.78 is 1.77. The van der Waals surface area contributed by atoms with Gasteiger partial charge in [0.2, 0.25) is 6.08 Å². The van der Waals surface area contributed by atoms with E-state index in [1.54, 1.807) is 29.4 Å². The summed E-state index contributed by atoms with van der Waals surface area (Å²) >= 11 is 0. The van der Waals surface area contributed by atoms with E-state index in [2.05, 4.69) is 11.6 Å². The van der Waals surface area contributed by atoms with E-state index in [4.69, 9.17) is 15.9 Å². The molecule has 1 unspecified atom stereocenters. The summed E-state index contributed by atoms with van der Waals surface area (Å²) in [5.41, 5.74) is 5.54. The third-order valence-electron chi connectivity index (χ3n) is 1.11. The number of imidazole rings is 1. The molecule has 1 rings (SSSR count). The molecular formula is C7H10N4O. The van der Waals surface area contributed by atoms with Crippen LogP contribution in [0.5, 0.6) is 0 Å². The molecule has 0 spiro atoms. The molecule has 0 saturated carbocycles. The number of carbonyl (C=O) groups excluding carboxylic acids is 1. The predicted octanol–water partition coefficient (Wildman–Crippen LogP) is 0.427. The Morgan fingerprint density at radius 2 is 2.42 bits per heavy atom. The van der Waals surface area contributed by atoms with Crippen LogP contribution in [0.15, 0.2) is 31.4 Å². The Labute approximate surface area is 70.0 Å². The van der Waals surface area contributed by atoms with Gasteiger partial charge in [-0.25, -0.2) is 15.2 Å². The van der Waals surface area contributed by atoms with Crippen LogP contribution >= 0.6 is 0 Å². The molecule has 1 heterocycles. The van der Waals surface area contributed by atoms with Crippen LogP contribution in [0.2, 0.25) is 0 Å². The highest BCUT2D eigenvalue weighted by Crippen LogP contribution is 1.96. The number of hydrogen-bond acceptors (Lipinski definition) is 4. The molecule has 1 atom stereocenters. The van der Waals surface area contributed by atoms with Crippen molar-refractivity contribution in [3.8, 4) is 0 Å². The van der Waals surface area contributed by atoms with Crippen molar-refractivity contribution in [1.82, 2.24) is 9.55 Å². The second kappa shape index (κ2) is 6.03. The van der Waals surface area contributed by atoms with Gasteiger partial charge in [0, 0.05) is 12.4 Å². The molecule has 5 nitrogen and oxygen atoms in total. The maximum Gasteiger partial charge on any atom is 0.231 e. The van der Waals surface area contributed by atoms with Crippen LogP contribution in [0.3, 0.4) is 0 Å². The highest BCUT2D eigenvalue weighted by atomic mass is 16.1. The van der Waals surface area contributed by atoms with Crippen molar-refractivity contribution in [2.45, 2.75) is 6.17 Å². The monoisotopic (exact) mass is 166 g/mol. The summed E-state index contributed by atoms with van der Waals surface area (Å²) in [7, 11) is 0. The van der Waals surface area contributed by atoms with E-state index in [1.165, 1.54) is 0 Å². The first-order valence-corrected chi connectivity index (χ1v) is 3.15. The Hall–Kier alpha value is -1.71. The Bertz CT molecular complexity index is 248. The molecule has 1 aromatic heterocycles. The predicted molar refractivity (Wildman–Crippen MR) is 44.1 cm³/mol. The van der Waals surface area contributed by atoms with E-state index in [1.807, 2.05) is 0 Å². The van der Waals surface area contributed by atoms with Crippen molar-refractivity contribution in [1.29, 1.82) is 5.41 Å². The molecule has 0 aromatic carbocycles. The lowest BCUT2D eigenvalue weighted by molar-refractivity contribution is 0.563. The molecule has 0 aliphatic heterocycles. The smallest absolute Gasteiger partial charge is 0.231 e. The molecule has 3 N–H and O–H groups in total. The van der Waals surface area contributed by atoms with Crippen LogP contribution in [0, 0.1) is 5.41 Å². The van der Waals surface area contributed by atoms with E-state index in [-0.39, 0.29) is 6.17 Å². The molecular weight excluding hydrogens is 156 g/mol. The van der Waals surface area contributed by atoms with Crippen molar-refractivity contribution >= 4 is 6.08 Å². The number of aromatic nitrogens is 2. The quantitative estimate of drug-likeness (QED) is 0.379. The molecule has 0 aliphatic rings. The average molecular weight is 166 g/mol. The Balaban J connectivity index is 0.000000354. The first-order valence-electron chi connectivity index (χ1n) is 3.15. The second-order valence-corrected chi connectivity index (χ2v) is 1.84. The van der Waals surface area contributed by atoms with E-state index >= 15 is 0 Å². The molecule has 1 aromatic rings. The van der Waals surface area contributed by atoms with E-state index in [0.29, 0.717) is 0 Å². The minimum Gasteiger partial charge on any atom is -0.318 e. The number of nitrogens with one attached hydrogen (secondary N) is 1. The van der Waals surface area contributed by atoms with Crippen molar-refractivity contribution in [3.63, 3.8) is 0 Å². The summed E-state index contributed by atoms with van der Waals surface area (Å²) in [6.07, 6.45) is 7.40. The van der Waals surface area contributed by atoms with Crippen LogP contribution in [0.1, 0.15) is 6.17 Å². The zero-order valence-electron chi connectivity index (χ0n) is 6.47. The standard InChI is InChI=1S/C6H9N3.CHNO/c1-2-6(7)9-4-3-8-5-9;2-1-3/h2-6H,1,7H2;2H. The van der Waals surface area contributed by atoms with Crippen molar-refractivity contribution < 1.29 is 4.79 Å². The molecule has 0 saturated heterocycles. The van der Waals surface area contributed by atoms with Crippen molar-refractivity contribution in [3.05, 3.63) is 31.4 Å². The summed E-state index contributed by atoms with van der Waals surface area (Å²) in [5.74, 6) is 0. The Kier molecular flexibility index (Phi) is 5.17. The molecule has 0 fully saturated rings. The summed E-state index contributed by atoms with van der Waals surface area (Å²) in [4.78, 5) is 12.2. The number of nitrogens with two attached hydrogens (primary N) is 1. The minimum atomic E-state index is -0.146. The van der Waals surface area contributed by atoms with E-state index < -0.39 is 0 Å². The fourth-order valence-corrected chi connectivity index (χ4v) is 0.568. The number of nitrogens with zero attached hydrogens (tertiary/aromatic N) is 2. The van der Waals surface area contributed by atoms with Gasteiger partial charge in [-0.15, -0.1) is 0 Å². The Morgan fingerprint density at radius 1 is 1.83 bits per heavy atom. The topological polar surface area (TPSA) is 84.8 Å². The Morgan fingerprint density at radius 3 is 2.75 bits per heavy atom. The number of rotatable bonds is 2. The van der Waals surface area contributed by atoms with E-state index in [0.717, 1.165) is 6.08 Å². The fourth-order valence-electron chi connectivity index (χ4n) is 0.568. The lowest BCUT2D eigenvalue weighted by Gasteiger charge is -2.04. The maximum absolute atomic E-state index is 8.35. The van der Waals surface area contributed by atoms with Gasteiger partial charge < -0.3 is 10.3 Å². The van der Waals surface area contributed by atoms with Gasteiger partial charge in [0.15, 0.2) is 0 Å². The summed E-state index contributed by atoms with van der Waals surface area (Å²) in [6, 6.07) is 0. The molecule has 0 aliphatic carbocycles. The van der Waals surface area contributed by atoms with Crippen LogP contribution in [-0.4, -0.2) is 15.6 Å². The molecule has 0 radical (unpaired) electrons. The zero-order chi connectivity index (χ0) is 9.40. The van der Waals surface area contributed by atoms with Crippen molar-refractivity contribution in [2.24, 2.45) is 5.73 Å². The van der Waals surface area contributed by atoms with Gasteiger partial charge in [-0.05, 0) is 0 Å². The first kappa shape index (κ1) is 10.3. The van der Waals surface area contributed by atoms with Crippen LogP contribution in [0.25, 0.3) is 0 Å². The molecule has 0 bridgehead atoms. The minimum absolute atomic E-state index is 0.146. The van der Waals surface area contributed by atoms with Gasteiger partial charge in [0.1, 0.15) is 6.17 Å². The average Bonchev–Trinajstić information content (AvgIpc) is 2.56. The van der Waals surface area contributed by atoms with Crippen LogP contribution in [-0.2, 0) is 4.79 Å². The highest BCUT2D eigenvalue weighted by Gasteiger charge is 1.94. The number of hydrogen-bond donors (Lipinski definition) is 2. The lowest BCUT2D eigenvalue weighted by Crippen LogP contribution is -2.13. The second-order valence-electron chi connectivity index (χ2n) is 1.84. The maximum atomic E-state index is 8.35. The third-order valence-corrected chi connectivity index (χ3v) is 1.11. The van der Waals surface area contributed by atoms with Gasteiger partial charge in [-0.1, -0.05) is 12.7 Å². The lowest BCUT2D eigenvalue weighted by atomic mass is 10.5. The first-order chi connectivity index (χ1) is 5.76. The third kappa shape index (κ3) is 3.46. The normalized spacial score (nSPS) is 10.4. The molecule has 0 amide bonds. The summed E-state index contributed by atoms with van der Waals surface area (Å²) in [5, 5.41) is 5.40. The van der Waals surface area contributed by atoms with Gasteiger partial charge in [0.05, 0.1) is 6.33 Å². The van der Waals surface area contributed by atoms with Gasteiger partial charge in [-0.2, -0.15) is 0 Å². The van der Waals surface area contributed by atoms with Crippen LogP contribution in [0.4, 0.5) is 0 Å². The van der Waals surface area contributed by atoms with Gasteiger partial charge in [0.25, 0.3) is 0 Å². The molecule has 64 valence electrons. The molecule has 5 heteroatoms. The largest absolute Gasteiger partial charge is 0.318 e. The van der Waals surface area contributed by atoms with Crippen LogP contribution < -0.4 is 5.73 Å². The van der Waals surface area contributed by atoms with E-state index in [9.17, 15) is 0 Å². The van der Waals surface area contributed by atoms with Gasteiger partial charge >= 0.3 is 0 Å². The highest BCUT2D eigenvalue weighted by molar-refractivity contribution is 5.26. The molecule has 12 heavy (non-hydrogen) atoms. The zero-order valence-corrected chi connectivity index (χ0v) is 6.47. The SMILES string of the molecule is C=CC(N)n1ccnc1.N=C=O. The van der Waals surface area contributed by atoms with Crippen molar-refractivity contribution in [2.75, 3.05) is 0 Å². The van der Waals surface area contributed by atoms with Gasteiger partial charge in [-0.3, -0.25) is 0 Å². The fraction of sp³-hybridized carbons (Fsp3) is 0.143. The number of isocyanates is 1.